The molecule has 10 heteroatoms. The Balaban J connectivity index is 1.59. The molecule has 1 amide bonds. The van der Waals surface area contributed by atoms with Crippen LogP contribution in [0, 0.1) is 5.41 Å². The SMILES string of the molecule is O=C(NCc1ccc(Cl)c(-c2nc(O)nc(-c3ccccc3)n2)c1)C1(C(F)(F)F)CCC1. The van der Waals surface area contributed by atoms with Crippen LogP contribution in [-0.4, -0.2) is 32.1 Å². The third-order valence-electron chi connectivity index (χ3n) is 5.56. The Kier molecular flexibility index (Phi) is 5.77. The highest BCUT2D eigenvalue weighted by Gasteiger charge is 2.63. The van der Waals surface area contributed by atoms with Crippen molar-refractivity contribution in [1.82, 2.24) is 20.3 Å². The minimum atomic E-state index is -4.59. The van der Waals surface area contributed by atoms with E-state index in [1.165, 1.54) is 6.07 Å². The minimum absolute atomic E-state index is 0.0975. The first-order valence-electron chi connectivity index (χ1n) is 9.84. The predicted octanol–water partition coefficient (Wildman–Crippen LogP) is 4.91. The molecule has 2 aromatic carbocycles. The second-order valence-electron chi connectivity index (χ2n) is 7.58. The van der Waals surface area contributed by atoms with E-state index in [-0.39, 0.29) is 36.1 Å². The van der Waals surface area contributed by atoms with Crippen LogP contribution < -0.4 is 5.32 Å². The van der Waals surface area contributed by atoms with Gasteiger partial charge in [-0.2, -0.15) is 23.1 Å². The molecule has 1 aliphatic carbocycles. The summed E-state index contributed by atoms with van der Waals surface area (Å²) >= 11 is 6.29. The highest BCUT2D eigenvalue weighted by atomic mass is 35.5. The van der Waals surface area contributed by atoms with Crippen LogP contribution >= 0.6 is 11.6 Å². The third-order valence-corrected chi connectivity index (χ3v) is 5.89. The van der Waals surface area contributed by atoms with Crippen molar-refractivity contribution < 1.29 is 23.1 Å². The Morgan fingerprint density at radius 3 is 2.38 bits per heavy atom. The van der Waals surface area contributed by atoms with E-state index in [1.54, 1.807) is 36.4 Å². The molecule has 4 rings (SSSR count). The van der Waals surface area contributed by atoms with E-state index < -0.39 is 23.5 Å². The fourth-order valence-electron chi connectivity index (χ4n) is 3.58. The molecule has 1 saturated carbocycles. The molecule has 166 valence electrons. The molecule has 3 aromatic rings. The van der Waals surface area contributed by atoms with Gasteiger partial charge in [-0.3, -0.25) is 4.79 Å². The van der Waals surface area contributed by atoms with Crippen molar-refractivity contribution in [3.05, 3.63) is 59.1 Å². The fraction of sp³-hybridized carbons (Fsp3) is 0.273. The summed E-state index contributed by atoms with van der Waals surface area (Å²) in [4.78, 5) is 24.5. The molecule has 0 aliphatic heterocycles. The summed E-state index contributed by atoms with van der Waals surface area (Å²) in [6.07, 6.45) is -4.64. The van der Waals surface area contributed by atoms with Gasteiger partial charge in [0.25, 0.3) is 0 Å². The van der Waals surface area contributed by atoms with E-state index in [0.717, 1.165) is 0 Å². The maximum Gasteiger partial charge on any atom is 0.403 e. The van der Waals surface area contributed by atoms with Gasteiger partial charge in [-0.15, -0.1) is 0 Å². The van der Waals surface area contributed by atoms with Gasteiger partial charge in [-0.05, 0) is 30.5 Å². The van der Waals surface area contributed by atoms with E-state index in [2.05, 4.69) is 20.3 Å². The zero-order valence-electron chi connectivity index (χ0n) is 16.7. The Bertz CT molecular complexity index is 1150. The van der Waals surface area contributed by atoms with Crippen LogP contribution in [0.15, 0.2) is 48.5 Å². The average Bonchev–Trinajstić information content (AvgIpc) is 2.71. The normalized spacial score (nSPS) is 15.1. The summed E-state index contributed by atoms with van der Waals surface area (Å²) in [5.41, 5.74) is -0.797. The number of aromatic nitrogens is 3. The summed E-state index contributed by atoms with van der Waals surface area (Å²) in [7, 11) is 0. The topological polar surface area (TPSA) is 88.0 Å². The number of nitrogens with one attached hydrogen (secondary N) is 1. The molecule has 1 aromatic heterocycles. The van der Waals surface area contributed by atoms with Gasteiger partial charge < -0.3 is 10.4 Å². The lowest BCUT2D eigenvalue weighted by atomic mass is 9.67. The number of carbonyl (C=O) groups excluding carboxylic acids is 1. The van der Waals surface area contributed by atoms with Crippen LogP contribution in [0.25, 0.3) is 22.8 Å². The molecule has 0 unspecified atom stereocenters. The number of benzene rings is 2. The third kappa shape index (κ3) is 4.12. The zero-order valence-corrected chi connectivity index (χ0v) is 17.4. The van der Waals surface area contributed by atoms with Crippen molar-refractivity contribution >= 4 is 17.5 Å². The molecule has 1 aliphatic rings. The van der Waals surface area contributed by atoms with Gasteiger partial charge in [0, 0.05) is 17.7 Å². The summed E-state index contributed by atoms with van der Waals surface area (Å²) in [5, 5.41) is 12.6. The molecule has 0 bridgehead atoms. The number of carbonyl (C=O) groups is 1. The van der Waals surface area contributed by atoms with Gasteiger partial charge >= 0.3 is 12.2 Å². The highest BCUT2D eigenvalue weighted by molar-refractivity contribution is 6.33. The van der Waals surface area contributed by atoms with E-state index in [4.69, 9.17) is 11.6 Å². The molecule has 2 N–H and O–H groups in total. The molecular formula is C22H18ClF3N4O2. The van der Waals surface area contributed by atoms with Crippen molar-refractivity contribution in [2.45, 2.75) is 32.0 Å². The Morgan fingerprint density at radius 2 is 1.75 bits per heavy atom. The maximum absolute atomic E-state index is 13.4. The number of alkyl halides is 3. The molecule has 6 nitrogen and oxygen atoms in total. The molecule has 0 atom stereocenters. The second kappa shape index (κ2) is 8.38. The van der Waals surface area contributed by atoms with E-state index in [9.17, 15) is 23.1 Å². The second-order valence-corrected chi connectivity index (χ2v) is 7.99. The first-order valence-corrected chi connectivity index (χ1v) is 10.2. The lowest BCUT2D eigenvalue weighted by Crippen LogP contribution is -2.54. The summed E-state index contributed by atoms with van der Waals surface area (Å²) < 4.78 is 40.1. The minimum Gasteiger partial charge on any atom is -0.479 e. The molecule has 0 spiro atoms. The lowest BCUT2D eigenvalue weighted by Gasteiger charge is -2.41. The number of halogens is 4. The summed E-state index contributed by atoms with van der Waals surface area (Å²) in [6.45, 7) is -0.122. The van der Waals surface area contributed by atoms with Crippen LogP contribution in [0.4, 0.5) is 13.2 Å². The largest absolute Gasteiger partial charge is 0.479 e. The van der Waals surface area contributed by atoms with Gasteiger partial charge in [-0.25, -0.2) is 4.98 Å². The summed E-state index contributed by atoms with van der Waals surface area (Å²) in [5.74, 6) is -0.697. The number of amides is 1. The first-order chi connectivity index (χ1) is 15.2. The van der Waals surface area contributed by atoms with Crippen LogP contribution in [0.3, 0.4) is 0 Å². The standard InChI is InChI=1S/C22H18ClF3N4O2/c23-16-8-7-13(12-27-19(31)21(9-4-10-21)22(24,25)26)11-15(16)18-28-17(29-20(32)30-18)14-5-2-1-3-6-14/h1-3,5-8,11H,4,9-10,12H2,(H,27,31)(H,28,29,30,32). The van der Waals surface area contributed by atoms with Crippen LogP contribution in [0.5, 0.6) is 6.01 Å². The lowest BCUT2D eigenvalue weighted by molar-refractivity contribution is -0.243. The van der Waals surface area contributed by atoms with E-state index in [0.29, 0.717) is 23.1 Å². The maximum atomic E-state index is 13.4. The van der Waals surface area contributed by atoms with Crippen LogP contribution in [0.2, 0.25) is 5.02 Å². The number of hydrogen-bond donors (Lipinski definition) is 2. The molecular weight excluding hydrogens is 445 g/mol. The van der Waals surface area contributed by atoms with E-state index >= 15 is 0 Å². The van der Waals surface area contributed by atoms with Crippen LogP contribution in [0.1, 0.15) is 24.8 Å². The van der Waals surface area contributed by atoms with Crippen molar-refractivity contribution in [3.8, 4) is 28.8 Å². The predicted molar refractivity (Wildman–Crippen MR) is 112 cm³/mol. The van der Waals surface area contributed by atoms with Crippen molar-refractivity contribution in [2.24, 2.45) is 5.41 Å². The number of aromatic hydroxyl groups is 1. The van der Waals surface area contributed by atoms with E-state index in [1.807, 2.05) is 6.07 Å². The van der Waals surface area contributed by atoms with Crippen molar-refractivity contribution in [3.63, 3.8) is 0 Å². The van der Waals surface area contributed by atoms with Gasteiger partial charge in [0.15, 0.2) is 11.6 Å². The molecule has 32 heavy (non-hydrogen) atoms. The smallest absolute Gasteiger partial charge is 0.403 e. The van der Waals surface area contributed by atoms with Gasteiger partial charge in [0.2, 0.25) is 5.91 Å². The van der Waals surface area contributed by atoms with Gasteiger partial charge in [0.05, 0.1) is 5.02 Å². The Morgan fingerprint density at radius 1 is 1.06 bits per heavy atom. The molecule has 1 heterocycles. The molecule has 1 fully saturated rings. The monoisotopic (exact) mass is 462 g/mol. The highest BCUT2D eigenvalue weighted by Crippen LogP contribution is 2.53. The number of nitrogens with zero attached hydrogens (tertiary/aromatic N) is 3. The zero-order chi connectivity index (χ0) is 22.9. The number of rotatable bonds is 5. The van der Waals surface area contributed by atoms with Crippen molar-refractivity contribution in [2.75, 3.05) is 0 Å². The Hall–Kier alpha value is -3.20. The number of hydrogen-bond acceptors (Lipinski definition) is 5. The Labute approximate surface area is 186 Å². The first kappa shape index (κ1) is 22.0. The quantitative estimate of drug-likeness (QED) is 0.562. The van der Waals surface area contributed by atoms with Crippen LogP contribution in [-0.2, 0) is 11.3 Å². The average molecular weight is 463 g/mol. The van der Waals surface area contributed by atoms with Gasteiger partial charge in [-0.1, -0.05) is 54.4 Å². The van der Waals surface area contributed by atoms with Crippen molar-refractivity contribution in [1.29, 1.82) is 0 Å². The molecule has 0 radical (unpaired) electrons. The summed E-state index contributed by atoms with van der Waals surface area (Å²) in [6, 6.07) is 13.1. The molecule has 0 saturated heterocycles. The fourth-order valence-corrected chi connectivity index (χ4v) is 3.78. The van der Waals surface area contributed by atoms with Gasteiger partial charge in [0.1, 0.15) is 5.41 Å².